The number of carbonyl (C=O) groups is 2. The van der Waals surface area contributed by atoms with Crippen molar-refractivity contribution in [3.8, 4) is 0 Å². The van der Waals surface area contributed by atoms with E-state index in [9.17, 15) is 9.59 Å². The van der Waals surface area contributed by atoms with Crippen molar-refractivity contribution in [1.29, 1.82) is 0 Å². The van der Waals surface area contributed by atoms with Crippen LogP contribution in [0.2, 0.25) is 0 Å². The maximum absolute atomic E-state index is 12.3. The Morgan fingerprint density at radius 2 is 1.67 bits per heavy atom. The number of carbonyl (C=O) groups excluding carboxylic acids is 2. The molecule has 0 aromatic heterocycles. The molecule has 0 spiro atoms. The summed E-state index contributed by atoms with van der Waals surface area (Å²) in [5.74, 6) is -0.265. The number of amides is 2. The molecule has 0 N–H and O–H groups in total. The molecule has 1 atom stereocenters. The fourth-order valence-electron chi connectivity index (χ4n) is 3.08. The Labute approximate surface area is 145 Å². The summed E-state index contributed by atoms with van der Waals surface area (Å²) < 4.78 is 5.34. The maximum atomic E-state index is 12.3. The van der Waals surface area contributed by atoms with Gasteiger partial charge in [-0.1, -0.05) is 70.1 Å². The molecule has 132 valence electrons. The number of hydrogen-bond donors (Lipinski definition) is 0. The van der Waals surface area contributed by atoms with Gasteiger partial charge < -0.3 is 4.74 Å². The third-order valence-corrected chi connectivity index (χ3v) is 4.52. The second-order valence-corrected chi connectivity index (χ2v) is 6.55. The fraction of sp³-hybridized carbons (Fsp3) is 0.600. The van der Waals surface area contributed by atoms with Crippen LogP contribution >= 0.6 is 0 Å². The van der Waals surface area contributed by atoms with Gasteiger partial charge in [-0.2, -0.15) is 0 Å². The highest BCUT2D eigenvalue weighted by Gasteiger charge is 2.35. The summed E-state index contributed by atoms with van der Waals surface area (Å²) in [4.78, 5) is 25.5. The van der Waals surface area contributed by atoms with E-state index in [4.69, 9.17) is 4.74 Å². The van der Waals surface area contributed by atoms with Gasteiger partial charge in [0.05, 0.1) is 6.54 Å². The van der Waals surface area contributed by atoms with E-state index in [1.165, 1.54) is 49.8 Å². The Kier molecular flexibility index (Phi) is 7.80. The molecule has 0 saturated carbocycles. The lowest BCUT2D eigenvalue weighted by molar-refractivity contribution is 0.0808. The standard InChI is InChI=1S/C20H29NO3/c1-2-3-4-5-6-7-8-12-15-18-16-21(20(23)24-18)19(22)17-13-10-9-11-14-17/h9-11,13-14,18H,2-8,12,15-16H2,1H3. The minimum absolute atomic E-state index is 0.148. The smallest absolute Gasteiger partial charge is 0.417 e. The molecular weight excluding hydrogens is 302 g/mol. The lowest BCUT2D eigenvalue weighted by Gasteiger charge is -2.11. The van der Waals surface area contributed by atoms with E-state index in [2.05, 4.69) is 6.92 Å². The van der Waals surface area contributed by atoms with Crippen molar-refractivity contribution in [3.63, 3.8) is 0 Å². The van der Waals surface area contributed by atoms with Crippen LogP contribution in [0, 0.1) is 0 Å². The Bertz CT molecular complexity index is 515. The Balaban J connectivity index is 1.65. The number of rotatable bonds is 10. The van der Waals surface area contributed by atoms with Crippen LogP contribution in [0.3, 0.4) is 0 Å². The van der Waals surface area contributed by atoms with Gasteiger partial charge in [0.2, 0.25) is 0 Å². The van der Waals surface area contributed by atoms with Crippen molar-refractivity contribution < 1.29 is 14.3 Å². The molecule has 1 heterocycles. The first-order chi connectivity index (χ1) is 11.7. The van der Waals surface area contributed by atoms with Gasteiger partial charge in [0.15, 0.2) is 0 Å². The first kappa shape index (κ1) is 18.5. The molecule has 1 fully saturated rings. The van der Waals surface area contributed by atoms with Crippen molar-refractivity contribution in [2.75, 3.05) is 6.54 Å². The lowest BCUT2D eigenvalue weighted by atomic mass is 10.1. The first-order valence-electron chi connectivity index (χ1n) is 9.30. The summed E-state index contributed by atoms with van der Waals surface area (Å²) in [6.07, 6.45) is 10.2. The average Bonchev–Trinajstić information content (AvgIpc) is 2.98. The Morgan fingerprint density at radius 1 is 1.04 bits per heavy atom. The molecule has 4 heteroatoms. The normalized spacial score (nSPS) is 17.1. The van der Waals surface area contributed by atoms with Gasteiger partial charge in [0.25, 0.3) is 5.91 Å². The van der Waals surface area contributed by atoms with E-state index in [0.717, 1.165) is 12.8 Å². The van der Waals surface area contributed by atoms with Crippen molar-refractivity contribution in [3.05, 3.63) is 35.9 Å². The van der Waals surface area contributed by atoms with E-state index < -0.39 is 6.09 Å². The zero-order valence-corrected chi connectivity index (χ0v) is 14.7. The van der Waals surface area contributed by atoms with E-state index in [-0.39, 0.29) is 12.0 Å². The summed E-state index contributed by atoms with van der Waals surface area (Å²) in [6.45, 7) is 2.61. The maximum Gasteiger partial charge on any atom is 0.417 e. The summed E-state index contributed by atoms with van der Waals surface area (Å²) >= 11 is 0. The molecule has 0 radical (unpaired) electrons. The van der Waals surface area contributed by atoms with Gasteiger partial charge in [0, 0.05) is 5.56 Å². The molecule has 1 aromatic rings. The van der Waals surface area contributed by atoms with Gasteiger partial charge in [-0.25, -0.2) is 9.69 Å². The van der Waals surface area contributed by atoms with Crippen LogP contribution in [0.15, 0.2) is 30.3 Å². The molecule has 24 heavy (non-hydrogen) atoms. The van der Waals surface area contributed by atoms with E-state index in [1.54, 1.807) is 24.3 Å². The van der Waals surface area contributed by atoms with Crippen molar-refractivity contribution in [2.45, 2.75) is 70.8 Å². The molecule has 2 amide bonds. The van der Waals surface area contributed by atoms with Gasteiger partial charge in [-0.15, -0.1) is 0 Å². The molecule has 0 aliphatic carbocycles. The zero-order valence-electron chi connectivity index (χ0n) is 14.7. The first-order valence-corrected chi connectivity index (χ1v) is 9.30. The van der Waals surface area contributed by atoms with Crippen molar-refractivity contribution >= 4 is 12.0 Å². The molecule has 2 rings (SSSR count). The number of unbranched alkanes of at least 4 members (excludes halogenated alkanes) is 7. The molecular formula is C20H29NO3. The summed E-state index contributed by atoms with van der Waals surface area (Å²) in [7, 11) is 0. The highest BCUT2D eigenvalue weighted by molar-refractivity contribution is 6.03. The molecule has 1 aliphatic rings. The van der Waals surface area contributed by atoms with Crippen LogP contribution in [-0.2, 0) is 4.74 Å². The molecule has 1 unspecified atom stereocenters. The van der Waals surface area contributed by atoms with Crippen LogP contribution < -0.4 is 0 Å². The number of imide groups is 1. The van der Waals surface area contributed by atoms with Crippen LogP contribution in [0.5, 0.6) is 0 Å². The Hall–Kier alpha value is -1.84. The second kappa shape index (κ2) is 10.1. The second-order valence-electron chi connectivity index (χ2n) is 6.55. The third-order valence-electron chi connectivity index (χ3n) is 4.52. The fourth-order valence-corrected chi connectivity index (χ4v) is 3.08. The summed E-state index contributed by atoms with van der Waals surface area (Å²) in [6, 6.07) is 8.90. The number of hydrogen-bond acceptors (Lipinski definition) is 3. The number of benzene rings is 1. The monoisotopic (exact) mass is 331 g/mol. The molecule has 0 bridgehead atoms. The predicted octanol–water partition coefficient (Wildman–Crippen LogP) is 5.18. The van der Waals surface area contributed by atoms with Crippen LogP contribution in [0.1, 0.15) is 75.1 Å². The van der Waals surface area contributed by atoms with E-state index >= 15 is 0 Å². The molecule has 1 aliphatic heterocycles. The minimum atomic E-state index is -0.506. The summed E-state index contributed by atoms with van der Waals surface area (Å²) in [5.41, 5.74) is 0.530. The third kappa shape index (κ3) is 5.66. The molecule has 1 aromatic carbocycles. The van der Waals surface area contributed by atoms with Gasteiger partial charge in [0.1, 0.15) is 6.10 Å². The van der Waals surface area contributed by atoms with Gasteiger partial charge >= 0.3 is 6.09 Å². The summed E-state index contributed by atoms with van der Waals surface area (Å²) in [5, 5.41) is 0. The van der Waals surface area contributed by atoms with Crippen LogP contribution in [-0.4, -0.2) is 29.5 Å². The van der Waals surface area contributed by atoms with Gasteiger partial charge in [-0.05, 0) is 25.0 Å². The quantitative estimate of drug-likeness (QED) is 0.555. The topological polar surface area (TPSA) is 46.6 Å². The minimum Gasteiger partial charge on any atom is -0.444 e. The van der Waals surface area contributed by atoms with Crippen LogP contribution in [0.25, 0.3) is 0 Å². The lowest BCUT2D eigenvalue weighted by Crippen LogP contribution is -2.32. The Morgan fingerprint density at radius 3 is 2.33 bits per heavy atom. The number of cyclic esters (lactones) is 1. The highest BCUT2D eigenvalue weighted by atomic mass is 16.6. The largest absolute Gasteiger partial charge is 0.444 e. The average molecular weight is 331 g/mol. The molecule has 4 nitrogen and oxygen atoms in total. The SMILES string of the molecule is CCCCCCCCCCC1CN(C(=O)c2ccccc2)C(=O)O1. The highest BCUT2D eigenvalue weighted by Crippen LogP contribution is 2.20. The zero-order chi connectivity index (χ0) is 17.2. The number of nitrogens with zero attached hydrogens (tertiary/aromatic N) is 1. The van der Waals surface area contributed by atoms with E-state index in [1.807, 2.05) is 6.07 Å². The van der Waals surface area contributed by atoms with Crippen molar-refractivity contribution in [1.82, 2.24) is 4.90 Å². The predicted molar refractivity (Wildman–Crippen MR) is 95.0 cm³/mol. The van der Waals surface area contributed by atoms with Crippen molar-refractivity contribution in [2.24, 2.45) is 0 Å². The van der Waals surface area contributed by atoms with Gasteiger partial charge in [-0.3, -0.25) is 4.79 Å². The van der Waals surface area contributed by atoms with E-state index in [0.29, 0.717) is 12.1 Å². The number of ether oxygens (including phenoxy) is 1. The van der Waals surface area contributed by atoms with Crippen LogP contribution in [0.4, 0.5) is 4.79 Å². The molecule has 1 saturated heterocycles.